The molecule has 30 heavy (non-hydrogen) atoms. The van der Waals surface area contributed by atoms with Crippen LogP contribution in [0.4, 0.5) is 4.39 Å². The highest BCUT2D eigenvalue weighted by molar-refractivity contribution is 5.94. The van der Waals surface area contributed by atoms with Crippen molar-refractivity contribution in [3.8, 4) is 5.75 Å². The lowest BCUT2D eigenvalue weighted by molar-refractivity contribution is 0.0399. The maximum Gasteiger partial charge on any atom is 0.289 e. The predicted octanol–water partition coefficient (Wildman–Crippen LogP) is 2.21. The Labute approximate surface area is 174 Å². The van der Waals surface area contributed by atoms with Crippen molar-refractivity contribution >= 4 is 16.9 Å². The first kappa shape index (κ1) is 20.3. The standard InChI is InChI=1S/C22H25FN4O3/c1-15-2-5-18(6-3-15)30-14-17(28)13-26-8-10-27(11-9-26)22(29)21-24-19-7-4-16(23)12-20(19)25-21/h2-7,12,17,28H,8-11,13-14H2,1H3,(H,24,25). The summed E-state index contributed by atoms with van der Waals surface area (Å²) in [5, 5.41) is 10.3. The van der Waals surface area contributed by atoms with Crippen molar-refractivity contribution in [2.45, 2.75) is 13.0 Å². The SMILES string of the molecule is Cc1ccc(OCC(O)CN2CCN(C(=O)c3nc4ccc(F)cc4[nH]3)CC2)cc1. The molecule has 2 aromatic carbocycles. The van der Waals surface area contributed by atoms with Crippen molar-refractivity contribution in [1.29, 1.82) is 0 Å². The smallest absolute Gasteiger partial charge is 0.289 e. The number of carbonyl (C=O) groups excluding carboxylic acids is 1. The minimum atomic E-state index is -0.612. The number of piperazine rings is 1. The molecule has 8 heteroatoms. The molecule has 158 valence electrons. The molecule has 1 amide bonds. The van der Waals surface area contributed by atoms with Crippen LogP contribution in [0.1, 0.15) is 16.2 Å². The van der Waals surface area contributed by atoms with Gasteiger partial charge >= 0.3 is 0 Å². The van der Waals surface area contributed by atoms with Crippen molar-refractivity contribution in [2.75, 3.05) is 39.3 Å². The number of aliphatic hydroxyl groups excluding tert-OH is 1. The van der Waals surface area contributed by atoms with Crippen LogP contribution in [0, 0.1) is 12.7 Å². The predicted molar refractivity (Wildman–Crippen MR) is 111 cm³/mol. The van der Waals surface area contributed by atoms with Crippen LogP contribution < -0.4 is 4.74 Å². The number of benzene rings is 2. The van der Waals surface area contributed by atoms with E-state index in [9.17, 15) is 14.3 Å². The molecule has 0 aliphatic carbocycles. The van der Waals surface area contributed by atoms with Crippen LogP contribution in [-0.2, 0) is 0 Å². The van der Waals surface area contributed by atoms with Crippen LogP contribution >= 0.6 is 0 Å². The molecular weight excluding hydrogens is 387 g/mol. The molecule has 1 atom stereocenters. The van der Waals surface area contributed by atoms with Crippen molar-refractivity contribution in [3.63, 3.8) is 0 Å². The second kappa shape index (κ2) is 8.81. The molecule has 3 aromatic rings. The van der Waals surface area contributed by atoms with E-state index in [1.165, 1.54) is 12.1 Å². The number of ether oxygens (including phenoxy) is 1. The van der Waals surface area contributed by atoms with E-state index in [1.54, 1.807) is 11.0 Å². The second-order valence-electron chi connectivity index (χ2n) is 7.62. The average Bonchev–Trinajstić information content (AvgIpc) is 3.16. The van der Waals surface area contributed by atoms with Gasteiger partial charge in [-0.3, -0.25) is 9.69 Å². The van der Waals surface area contributed by atoms with Crippen LogP contribution in [-0.4, -0.2) is 76.2 Å². The quantitative estimate of drug-likeness (QED) is 0.649. The van der Waals surface area contributed by atoms with E-state index in [4.69, 9.17) is 4.74 Å². The monoisotopic (exact) mass is 412 g/mol. The molecule has 1 aliphatic heterocycles. The van der Waals surface area contributed by atoms with Gasteiger partial charge in [-0.25, -0.2) is 9.37 Å². The summed E-state index contributed by atoms with van der Waals surface area (Å²) in [4.78, 5) is 23.7. The van der Waals surface area contributed by atoms with E-state index < -0.39 is 6.10 Å². The first-order valence-corrected chi connectivity index (χ1v) is 10.0. The van der Waals surface area contributed by atoms with Gasteiger partial charge in [0.2, 0.25) is 0 Å². The van der Waals surface area contributed by atoms with Gasteiger partial charge in [0.15, 0.2) is 5.82 Å². The highest BCUT2D eigenvalue weighted by Gasteiger charge is 2.25. The zero-order valence-electron chi connectivity index (χ0n) is 16.8. The van der Waals surface area contributed by atoms with Gasteiger partial charge in [0.1, 0.15) is 24.3 Å². The van der Waals surface area contributed by atoms with Crippen LogP contribution in [0.25, 0.3) is 11.0 Å². The number of nitrogens with one attached hydrogen (secondary N) is 1. The Kier molecular flexibility index (Phi) is 5.96. The highest BCUT2D eigenvalue weighted by atomic mass is 19.1. The summed E-state index contributed by atoms with van der Waals surface area (Å²) in [6.07, 6.45) is -0.612. The molecule has 1 aliphatic rings. The molecule has 1 aromatic heterocycles. The lowest BCUT2D eigenvalue weighted by atomic mass is 10.2. The third-order valence-electron chi connectivity index (χ3n) is 5.24. The normalized spacial score (nSPS) is 16.0. The molecule has 4 rings (SSSR count). The summed E-state index contributed by atoms with van der Waals surface area (Å²) < 4.78 is 19.0. The van der Waals surface area contributed by atoms with E-state index in [0.29, 0.717) is 43.8 Å². The Morgan fingerprint density at radius 2 is 1.93 bits per heavy atom. The number of hydrogen-bond donors (Lipinski definition) is 2. The summed E-state index contributed by atoms with van der Waals surface area (Å²) >= 11 is 0. The van der Waals surface area contributed by atoms with Gasteiger partial charge in [-0.2, -0.15) is 0 Å². The number of carbonyl (C=O) groups is 1. The van der Waals surface area contributed by atoms with Crippen LogP contribution in [0.3, 0.4) is 0 Å². The van der Waals surface area contributed by atoms with Crippen molar-refractivity contribution < 1.29 is 19.0 Å². The topological polar surface area (TPSA) is 81.7 Å². The zero-order valence-corrected chi connectivity index (χ0v) is 16.8. The van der Waals surface area contributed by atoms with Gasteiger partial charge in [-0.1, -0.05) is 17.7 Å². The Morgan fingerprint density at radius 3 is 2.67 bits per heavy atom. The molecule has 0 bridgehead atoms. The Morgan fingerprint density at radius 1 is 1.20 bits per heavy atom. The fourth-order valence-electron chi connectivity index (χ4n) is 3.54. The van der Waals surface area contributed by atoms with E-state index >= 15 is 0 Å². The molecule has 1 fully saturated rings. The van der Waals surface area contributed by atoms with Crippen molar-refractivity contribution in [3.05, 3.63) is 59.7 Å². The minimum Gasteiger partial charge on any atom is -0.491 e. The maximum atomic E-state index is 13.3. The van der Waals surface area contributed by atoms with Crippen LogP contribution in [0.15, 0.2) is 42.5 Å². The number of aryl methyl sites for hydroxylation is 1. The number of imidazole rings is 1. The lowest BCUT2D eigenvalue weighted by Crippen LogP contribution is -2.51. The third kappa shape index (κ3) is 4.77. The maximum absolute atomic E-state index is 13.3. The van der Waals surface area contributed by atoms with Gasteiger partial charge < -0.3 is 19.7 Å². The number of halogens is 1. The number of β-amino-alcohol motifs (C(OH)–C–C–N with tert-alkyl or cyclic N) is 1. The largest absolute Gasteiger partial charge is 0.491 e. The lowest BCUT2D eigenvalue weighted by Gasteiger charge is -2.35. The summed E-state index contributed by atoms with van der Waals surface area (Å²) in [6.45, 7) is 5.10. The van der Waals surface area contributed by atoms with Gasteiger partial charge in [0, 0.05) is 32.7 Å². The Balaban J connectivity index is 1.25. The van der Waals surface area contributed by atoms with Gasteiger partial charge in [0.05, 0.1) is 11.0 Å². The van der Waals surface area contributed by atoms with E-state index in [0.717, 1.165) is 11.3 Å². The number of aliphatic hydroxyl groups is 1. The second-order valence-corrected chi connectivity index (χ2v) is 7.62. The van der Waals surface area contributed by atoms with E-state index in [-0.39, 0.29) is 24.2 Å². The molecule has 0 spiro atoms. The number of hydrogen-bond acceptors (Lipinski definition) is 5. The van der Waals surface area contributed by atoms with E-state index in [2.05, 4.69) is 14.9 Å². The van der Waals surface area contributed by atoms with E-state index in [1.807, 2.05) is 31.2 Å². The number of aromatic nitrogens is 2. The summed E-state index contributed by atoms with van der Waals surface area (Å²) in [5.74, 6) is 0.384. The molecule has 0 saturated carbocycles. The van der Waals surface area contributed by atoms with Gasteiger partial charge in [-0.15, -0.1) is 0 Å². The van der Waals surface area contributed by atoms with Gasteiger partial charge in [-0.05, 0) is 37.3 Å². The highest BCUT2D eigenvalue weighted by Crippen LogP contribution is 2.15. The number of nitrogens with zero attached hydrogens (tertiary/aromatic N) is 3. The molecule has 0 radical (unpaired) electrons. The zero-order chi connectivity index (χ0) is 21.1. The van der Waals surface area contributed by atoms with Crippen LogP contribution in [0.5, 0.6) is 5.75 Å². The molecule has 7 nitrogen and oxygen atoms in total. The minimum absolute atomic E-state index is 0.200. The van der Waals surface area contributed by atoms with Crippen LogP contribution in [0.2, 0.25) is 0 Å². The third-order valence-corrected chi connectivity index (χ3v) is 5.24. The fourth-order valence-corrected chi connectivity index (χ4v) is 3.54. The first-order chi connectivity index (χ1) is 14.5. The van der Waals surface area contributed by atoms with Gasteiger partial charge in [0.25, 0.3) is 5.91 Å². The Hall–Kier alpha value is -2.97. The summed E-state index contributed by atoms with van der Waals surface area (Å²) in [6, 6.07) is 11.9. The first-order valence-electron chi connectivity index (χ1n) is 10.0. The number of rotatable bonds is 6. The number of aromatic amines is 1. The fraction of sp³-hybridized carbons (Fsp3) is 0.364. The number of fused-ring (bicyclic) bond motifs is 1. The molecule has 2 heterocycles. The van der Waals surface area contributed by atoms with Crippen molar-refractivity contribution in [1.82, 2.24) is 19.8 Å². The molecule has 1 saturated heterocycles. The summed E-state index contributed by atoms with van der Waals surface area (Å²) in [7, 11) is 0. The Bertz CT molecular complexity index is 1010. The number of amides is 1. The summed E-state index contributed by atoms with van der Waals surface area (Å²) in [5.41, 5.74) is 2.23. The van der Waals surface area contributed by atoms with Crippen molar-refractivity contribution in [2.24, 2.45) is 0 Å². The molecular formula is C22H25FN4O3. The number of H-pyrrole nitrogens is 1. The molecule has 1 unspecified atom stereocenters. The average molecular weight is 412 g/mol. The molecule has 2 N–H and O–H groups in total.